The lowest BCUT2D eigenvalue weighted by atomic mass is 9.87. The largest absolute Gasteiger partial charge is 0.508 e. The van der Waals surface area contributed by atoms with E-state index in [1.165, 1.54) is 0 Å². The van der Waals surface area contributed by atoms with Crippen molar-refractivity contribution in [2.75, 3.05) is 26.4 Å². The molecule has 5 nitrogen and oxygen atoms in total. The Bertz CT molecular complexity index is 282. The highest BCUT2D eigenvalue weighted by molar-refractivity contribution is 5.59. The summed E-state index contributed by atoms with van der Waals surface area (Å²) in [6.07, 6.45) is 1.80. The van der Waals surface area contributed by atoms with E-state index in [1.807, 2.05) is 27.7 Å². The van der Waals surface area contributed by atoms with Crippen molar-refractivity contribution in [3.8, 4) is 0 Å². The molecule has 0 atom stereocenters. The fourth-order valence-electron chi connectivity index (χ4n) is 1.73. The Hall–Kier alpha value is -0.810. The molecule has 1 rings (SSSR count). The smallest absolute Gasteiger partial charge is 0.434 e. The van der Waals surface area contributed by atoms with Crippen LogP contribution in [-0.2, 0) is 18.9 Å². The minimum absolute atomic E-state index is 0.264. The van der Waals surface area contributed by atoms with Crippen LogP contribution in [0.4, 0.5) is 4.79 Å². The van der Waals surface area contributed by atoms with Crippen molar-refractivity contribution in [2.24, 2.45) is 5.41 Å². The number of rotatable bonds is 6. The van der Waals surface area contributed by atoms with E-state index in [0.29, 0.717) is 19.8 Å². The Morgan fingerprint density at radius 3 is 2.21 bits per heavy atom. The highest BCUT2D eigenvalue weighted by Crippen LogP contribution is 2.34. The Morgan fingerprint density at radius 1 is 1.11 bits per heavy atom. The second kappa shape index (κ2) is 7.10. The van der Waals surface area contributed by atoms with Crippen LogP contribution >= 0.6 is 0 Å². The molecule has 19 heavy (non-hydrogen) atoms. The number of hydrogen-bond donors (Lipinski definition) is 0. The fraction of sp³-hybridized carbons (Fsp3) is 0.929. The highest BCUT2D eigenvalue weighted by Gasteiger charge is 2.41. The van der Waals surface area contributed by atoms with Crippen LogP contribution in [0.15, 0.2) is 0 Å². The van der Waals surface area contributed by atoms with E-state index in [4.69, 9.17) is 18.9 Å². The quantitative estimate of drug-likeness (QED) is 0.696. The van der Waals surface area contributed by atoms with Crippen LogP contribution in [0, 0.1) is 5.41 Å². The van der Waals surface area contributed by atoms with Gasteiger partial charge in [0.05, 0.1) is 25.2 Å². The number of carbonyl (C=O) groups excluding carboxylic acids is 1. The van der Waals surface area contributed by atoms with Gasteiger partial charge in [0, 0.05) is 0 Å². The van der Waals surface area contributed by atoms with Gasteiger partial charge in [0.25, 0.3) is 0 Å². The third-order valence-corrected chi connectivity index (χ3v) is 3.68. The molecule has 0 N–H and O–H groups in total. The Kier molecular flexibility index (Phi) is 6.07. The summed E-state index contributed by atoms with van der Waals surface area (Å²) in [5.41, 5.74) is -0.264. The molecule has 0 saturated carbocycles. The van der Waals surface area contributed by atoms with Gasteiger partial charge < -0.3 is 18.9 Å². The van der Waals surface area contributed by atoms with Crippen LogP contribution in [0.5, 0.6) is 0 Å². The maximum atomic E-state index is 11.4. The minimum atomic E-state index is -0.612. The zero-order valence-corrected chi connectivity index (χ0v) is 12.5. The Morgan fingerprint density at radius 2 is 1.74 bits per heavy atom. The first-order chi connectivity index (χ1) is 8.99. The van der Waals surface area contributed by atoms with Crippen molar-refractivity contribution in [1.29, 1.82) is 0 Å². The van der Waals surface area contributed by atoms with Gasteiger partial charge in [0.15, 0.2) is 5.79 Å². The van der Waals surface area contributed by atoms with Crippen molar-refractivity contribution >= 4 is 6.16 Å². The average Bonchev–Trinajstić information content (AvgIpc) is 2.45. The van der Waals surface area contributed by atoms with Crippen LogP contribution in [0.25, 0.3) is 0 Å². The van der Waals surface area contributed by atoms with Gasteiger partial charge >= 0.3 is 6.16 Å². The predicted molar refractivity (Wildman–Crippen MR) is 70.9 cm³/mol. The van der Waals surface area contributed by atoms with Crippen LogP contribution < -0.4 is 0 Å². The van der Waals surface area contributed by atoms with Gasteiger partial charge in [-0.1, -0.05) is 20.8 Å². The maximum Gasteiger partial charge on any atom is 0.508 e. The lowest BCUT2D eigenvalue weighted by Crippen LogP contribution is -2.49. The zero-order chi connectivity index (χ0) is 14.4. The van der Waals surface area contributed by atoms with Gasteiger partial charge in [-0.2, -0.15) is 0 Å². The monoisotopic (exact) mass is 274 g/mol. The first-order valence-electron chi connectivity index (χ1n) is 7.06. The van der Waals surface area contributed by atoms with E-state index in [1.54, 1.807) is 0 Å². The molecule has 5 heteroatoms. The van der Waals surface area contributed by atoms with Gasteiger partial charge in [-0.3, -0.25) is 0 Å². The average molecular weight is 274 g/mol. The normalized spacial score (nSPS) is 30.9. The van der Waals surface area contributed by atoms with Crippen molar-refractivity contribution in [3.05, 3.63) is 0 Å². The molecule has 0 aromatic carbocycles. The van der Waals surface area contributed by atoms with Crippen LogP contribution in [0.2, 0.25) is 0 Å². The third kappa shape index (κ3) is 4.66. The van der Waals surface area contributed by atoms with E-state index in [2.05, 4.69) is 0 Å². The Labute approximate surface area is 115 Å². The second-order valence-corrected chi connectivity index (χ2v) is 5.31. The lowest BCUT2D eigenvalue weighted by molar-refractivity contribution is -0.300. The minimum Gasteiger partial charge on any atom is -0.434 e. The molecule has 0 unspecified atom stereocenters. The molecule has 0 spiro atoms. The number of ether oxygens (including phenoxy) is 4. The van der Waals surface area contributed by atoms with Crippen LogP contribution in [0.1, 0.15) is 47.0 Å². The highest BCUT2D eigenvalue weighted by atomic mass is 16.7. The SMILES string of the molecule is CCCOC(=O)OCC1(CC)COC(C)(CC)OC1. The van der Waals surface area contributed by atoms with Gasteiger partial charge in [-0.25, -0.2) is 4.79 Å². The zero-order valence-electron chi connectivity index (χ0n) is 12.5. The molecule has 1 saturated heterocycles. The first-order valence-corrected chi connectivity index (χ1v) is 7.06. The summed E-state index contributed by atoms with van der Waals surface area (Å²) in [4.78, 5) is 11.4. The van der Waals surface area contributed by atoms with E-state index >= 15 is 0 Å². The second-order valence-electron chi connectivity index (χ2n) is 5.31. The summed E-state index contributed by atoms with van der Waals surface area (Å²) in [5.74, 6) is -0.513. The number of hydrogen-bond acceptors (Lipinski definition) is 5. The molecule has 1 aliphatic heterocycles. The van der Waals surface area contributed by atoms with Gasteiger partial charge in [0.2, 0.25) is 0 Å². The van der Waals surface area contributed by atoms with E-state index in [9.17, 15) is 4.79 Å². The predicted octanol–water partition coefficient (Wildman–Crippen LogP) is 3.12. The van der Waals surface area contributed by atoms with E-state index in [0.717, 1.165) is 19.3 Å². The molecular formula is C14H26O5. The molecule has 0 aliphatic carbocycles. The van der Waals surface area contributed by atoms with Crippen molar-refractivity contribution in [3.63, 3.8) is 0 Å². The molecule has 1 fully saturated rings. The summed E-state index contributed by atoms with van der Waals surface area (Å²) in [5, 5.41) is 0. The van der Waals surface area contributed by atoms with Gasteiger partial charge in [-0.15, -0.1) is 0 Å². The third-order valence-electron chi connectivity index (χ3n) is 3.68. The van der Waals surface area contributed by atoms with Crippen molar-refractivity contribution < 1.29 is 23.7 Å². The van der Waals surface area contributed by atoms with Crippen LogP contribution in [0.3, 0.4) is 0 Å². The summed E-state index contributed by atoms with van der Waals surface area (Å²) in [7, 11) is 0. The summed E-state index contributed by atoms with van der Waals surface area (Å²) in [6.45, 7) is 9.67. The molecule has 112 valence electrons. The summed E-state index contributed by atoms with van der Waals surface area (Å²) < 4.78 is 21.6. The standard InChI is InChI=1S/C14H26O5/c1-5-8-16-12(15)17-9-14(7-3)10-18-13(4,6-2)19-11-14/h5-11H2,1-4H3. The van der Waals surface area contributed by atoms with E-state index < -0.39 is 11.9 Å². The Balaban J connectivity index is 2.43. The molecule has 1 heterocycles. The van der Waals surface area contributed by atoms with Crippen LogP contribution in [-0.4, -0.2) is 38.4 Å². The summed E-state index contributed by atoms with van der Waals surface area (Å²) >= 11 is 0. The van der Waals surface area contributed by atoms with Crippen molar-refractivity contribution in [1.82, 2.24) is 0 Å². The maximum absolute atomic E-state index is 11.4. The molecular weight excluding hydrogens is 248 g/mol. The molecule has 1 aliphatic rings. The molecule has 0 aromatic heterocycles. The summed E-state index contributed by atoms with van der Waals surface area (Å²) in [6, 6.07) is 0. The van der Waals surface area contributed by atoms with E-state index in [-0.39, 0.29) is 12.0 Å². The molecule has 0 amide bonds. The van der Waals surface area contributed by atoms with Gasteiger partial charge in [0.1, 0.15) is 6.61 Å². The molecule has 0 bridgehead atoms. The topological polar surface area (TPSA) is 54.0 Å². The fourth-order valence-corrected chi connectivity index (χ4v) is 1.73. The van der Waals surface area contributed by atoms with Gasteiger partial charge in [-0.05, 0) is 26.2 Å². The first kappa shape index (κ1) is 16.2. The molecule has 0 radical (unpaired) electrons. The lowest BCUT2D eigenvalue weighted by Gasteiger charge is -2.43. The number of carbonyl (C=O) groups is 1. The van der Waals surface area contributed by atoms with Crippen molar-refractivity contribution in [2.45, 2.75) is 52.7 Å². The molecule has 0 aromatic rings.